The predicted octanol–water partition coefficient (Wildman–Crippen LogP) is 2.85. The van der Waals surface area contributed by atoms with E-state index in [0.29, 0.717) is 0 Å². The molecule has 24 heavy (non-hydrogen) atoms. The van der Waals surface area contributed by atoms with Gasteiger partial charge in [0.05, 0.1) is 0 Å². The fraction of sp³-hybridized carbons (Fsp3) is 1.00. The van der Waals surface area contributed by atoms with Crippen molar-refractivity contribution in [1.29, 1.82) is 0 Å². The van der Waals surface area contributed by atoms with Crippen molar-refractivity contribution in [2.24, 2.45) is 17.8 Å². The molecule has 4 aliphatic carbocycles. The molecule has 6 fully saturated rings. The molecule has 6 rings (SSSR count). The molecule has 0 radical (unpaired) electrons. The van der Waals surface area contributed by atoms with Crippen LogP contribution in [0.2, 0.25) is 0 Å². The Balaban J connectivity index is 1.18. The fourth-order valence-electron chi connectivity index (χ4n) is 7.60. The van der Waals surface area contributed by atoms with Crippen LogP contribution in [0.25, 0.3) is 0 Å². The molecule has 0 aromatic heterocycles. The topological polar surface area (TPSA) is 18.5 Å². The molecule has 8 unspecified atom stereocenters. The average Bonchev–Trinajstić information content (AvgIpc) is 2.50. The first-order valence-electron chi connectivity index (χ1n) is 11.1. The SMILES string of the molecule is C1CC2CCC2C(N2CCC(N3CCNC4CCC43)C3CCC32)C1. The summed E-state index contributed by atoms with van der Waals surface area (Å²) >= 11 is 0. The largest absolute Gasteiger partial charge is 0.311 e. The highest BCUT2D eigenvalue weighted by Crippen LogP contribution is 2.51. The van der Waals surface area contributed by atoms with Crippen molar-refractivity contribution in [3.05, 3.63) is 0 Å². The van der Waals surface area contributed by atoms with E-state index in [1.807, 2.05) is 0 Å². The Morgan fingerprint density at radius 1 is 0.583 bits per heavy atom. The maximum absolute atomic E-state index is 3.76. The second-order valence-electron chi connectivity index (χ2n) is 9.85. The fourth-order valence-corrected chi connectivity index (χ4v) is 7.60. The van der Waals surface area contributed by atoms with E-state index in [4.69, 9.17) is 0 Å². The van der Waals surface area contributed by atoms with E-state index in [0.717, 1.165) is 48.0 Å². The zero-order valence-corrected chi connectivity index (χ0v) is 15.2. The summed E-state index contributed by atoms with van der Waals surface area (Å²) < 4.78 is 0. The second kappa shape index (κ2) is 5.69. The Hall–Kier alpha value is -0.120. The Morgan fingerprint density at radius 2 is 1.38 bits per heavy atom. The van der Waals surface area contributed by atoms with Crippen LogP contribution in [0.5, 0.6) is 0 Å². The lowest BCUT2D eigenvalue weighted by molar-refractivity contribution is -0.120. The molecule has 6 aliphatic rings. The predicted molar refractivity (Wildman–Crippen MR) is 97.0 cm³/mol. The molecule has 134 valence electrons. The van der Waals surface area contributed by atoms with Crippen LogP contribution in [-0.2, 0) is 0 Å². The Bertz CT molecular complexity index is 449. The summed E-state index contributed by atoms with van der Waals surface area (Å²) in [5.41, 5.74) is 0. The minimum absolute atomic E-state index is 0.837. The van der Waals surface area contributed by atoms with Gasteiger partial charge in [0.15, 0.2) is 0 Å². The quantitative estimate of drug-likeness (QED) is 0.840. The van der Waals surface area contributed by atoms with Crippen LogP contribution in [0.1, 0.15) is 64.2 Å². The standard InChI is InChI=1S/C21H35N3/c1-2-14-4-5-15(14)18(3-1)23-12-10-20(16-6-8-19(16)23)24-13-11-22-17-7-9-21(17)24/h14-22H,1-13H2. The average molecular weight is 330 g/mol. The number of fused-ring (bicyclic) bond motifs is 3. The van der Waals surface area contributed by atoms with Crippen molar-refractivity contribution in [2.45, 2.75) is 94.4 Å². The minimum atomic E-state index is 0.837. The van der Waals surface area contributed by atoms with Crippen molar-refractivity contribution in [1.82, 2.24) is 15.1 Å². The number of piperidine rings is 1. The number of nitrogens with one attached hydrogen (secondary N) is 1. The maximum atomic E-state index is 3.76. The molecule has 0 aromatic rings. The van der Waals surface area contributed by atoms with Crippen LogP contribution >= 0.6 is 0 Å². The van der Waals surface area contributed by atoms with E-state index < -0.39 is 0 Å². The van der Waals surface area contributed by atoms with E-state index in [1.54, 1.807) is 19.3 Å². The summed E-state index contributed by atoms with van der Waals surface area (Å²) in [7, 11) is 0. The number of hydrogen-bond donors (Lipinski definition) is 1. The molecule has 2 saturated heterocycles. The van der Waals surface area contributed by atoms with Gasteiger partial charge in [0.2, 0.25) is 0 Å². The number of likely N-dealkylation sites (tertiary alicyclic amines) is 1. The van der Waals surface area contributed by atoms with Gasteiger partial charge in [-0.05, 0) is 69.1 Å². The number of hydrogen-bond acceptors (Lipinski definition) is 3. The van der Waals surface area contributed by atoms with Gasteiger partial charge in [0, 0.05) is 49.8 Å². The monoisotopic (exact) mass is 329 g/mol. The van der Waals surface area contributed by atoms with E-state index in [1.165, 1.54) is 64.6 Å². The first kappa shape index (κ1) is 15.0. The molecular formula is C21H35N3. The van der Waals surface area contributed by atoms with Gasteiger partial charge in [-0.25, -0.2) is 0 Å². The third-order valence-corrected chi connectivity index (χ3v) is 9.23. The molecule has 4 saturated carbocycles. The summed E-state index contributed by atoms with van der Waals surface area (Å²) in [6.45, 7) is 3.98. The van der Waals surface area contributed by atoms with Gasteiger partial charge in [-0.1, -0.05) is 12.8 Å². The van der Waals surface area contributed by atoms with Gasteiger partial charge in [-0.3, -0.25) is 9.80 Å². The van der Waals surface area contributed by atoms with Crippen molar-refractivity contribution >= 4 is 0 Å². The summed E-state index contributed by atoms with van der Waals surface area (Å²) in [6.07, 6.45) is 15.1. The van der Waals surface area contributed by atoms with E-state index in [-0.39, 0.29) is 0 Å². The second-order valence-corrected chi connectivity index (χ2v) is 9.85. The Kier molecular flexibility index (Phi) is 3.55. The molecule has 3 nitrogen and oxygen atoms in total. The van der Waals surface area contributed by atoms with Crippen molar-refractivity contribution < 1.29 is 0 Å². The third-order valence-electron chi connectivity index (χ3n) is 9.23. The highest BCUT2D eigenvalue weighted by atomic mass is 15.3. The van der Waals surface area contributed by atoms with Gasteiger partial charge >= 0.3 is 0 Å². The summed E-state index contributed by atoms with van der Waals surface area (Å²) in [5, 5.41) is 3.76. The van der Waals surface area contributed by atoms with Crippen molar-refractivity contribution in [3.8, 4) is 0 Å². The third kappa shape index (κ3) is 2.07. The molecule has 3 heteroatoms. The summed E-state index contributed by atoms with van der Waals surface area (Å²) in [6, 6.07) is 4.59. The van der Waals surface area contributed by atoms with Gasteiger partial charge in [-0.2, -0.15) is 0 Å². The lowest BCUT2D eigenvalue weighted by Gasteiger charge is -2.62. The first-order valence-corrected chi connectivity index (χ1v) is 11.1. The van der Waals surface area contributed by atoms with Crippen LogP contribution in [0.15, 0.2) is 0 Å². The highest BCUT2D eigenvalue weighted by Gasteiger charge is 2.53. The summed E-state index contributed by atoms with van der Waals surface area (Å²) in [4.78, 5) is 6.03. The van der Waals surface area contributed by atoms with E-state index >= 15 is 0 Å². The van der Waals surface area contributed by atoms with Crippen molar-refractivity contribution in [2.75, 3.05) is 19.6 Å². The number of rotatable bonds is 2. The first-order chi connectivity index (χ1) is 11.9. The van der Waals surface area contributed by atoms with Crippen LogP contribution in [0, 0.1) is 17.8 Å². The number of nitrogens with zero attached hydrogens (tertiary/aromatic N) is 2. The zero-order chi connectivity index (χ0) is 15.7. The lowest BCUT2D eigenvalue weighted by atomic mass is 9.60. The van der Waals surface area contributed by atoms with Gasteiger partial charge in [-0.15, -0.1) is 0 Å². The molecule has 2 aliphatic heterocycles. The summed E-state index contributed by atoms with van der Waals surface area (Å²) in [5.74, 6) is 3.22. The van der Waals surface area contributed by atoms with Crippen molar-refractivity contribution in [3.63, 3.8) is 0 Å². The molecule has 1 N–H and O–H groups in total. The smallest absolute Gasteiger partial charge is 0.0253 e. The van der Waals surface area contributed by atoms with Crippen LogP contribution in [0.4, 0.5) is 0 Å². The number of piperazine rings is 1. The normalized spacial score (nSPS) is 54.5. The molecule has 2 heterocycles. The highest BCUT2D eigenvalue weighted by molar-refractivity contribution is 5.08. The van der Waals surface area contributed by atoms with E-state index in [2.05, 4.69) is 15.1 Å². The molecule has 8 atom stereocenters. The van der Waals surface area contributed by atoms with Crippen LogP contribution in [0.3, 0.4) is 0 Å². The molecule has 0 aromatic carbocycles. The van der Waals surface area contributed by atoms with Gasteiger partial charge in [0.1, 0.15) is 0 Å². The van der Waals surface area contributed by atoms with Crippen LogP contribution < -0.4 is 5.32 Å². The van der Waals surface area contributed by atoms with Crippen LogP contribution in [-0.4, -0.2) is 59.6 Å². The Morgan fingerprint density at radius 3 is 2.12 bits per heavy atom. The van der Waals surface area contributed by atoms with Gasteiger partial charge in [0.25, 0.3) is 0 Å². The maximum Gasteiger partial charge on any atom is 0.0253 e. The Labute approximate surface area is 147 Å². The van der Waals surface area contributed by atoms with E-state index in [9.17, 15) is 0 Å². The zero-order valence-electron chi connectivity index (χ0n) is 15.2. The lowest BCUT2D eigenvalue weighted by Crippen LogP contribution is -2.71. The molecule has 0 amide bonds. The van der Waals surface area contributed by atoms with Gasteiger partial charge < -0.3 is 5.32 Å². The molecular weight excluding hydrogens is 294 g/mol. The molecule has 0 bridgehead atoms. The molecule has 0 spiro atoms. The minimum Gasteiger partial charge on any atom is -0.311 e.